The molecule has 3 heteroatoms. The lowest BCUT2D eigenvalue weighted by Crippen LogP contribution is -2.40. The number of hydrogen-bond acceptors (Lipinski definition) is 3. The minimum absolute atomic E-state index is 0.190. The molecular weight excluding hydrogens is 240 g/mol. The Bertz CT molecular complexity index is 357. The van der Waals surface area contributed by atoms with E-state index >= 15 is 0 Å². The summed E-state index contributed by atoms with van der Waals surface area (Å²) in [5.41, 5.74) is 6.06. The predicted molar refractivity (Wildman–Crippen MR) is 82.2 cm³/mol. The Morgan fingerprint density at radius 3 is 2.50 bits per heavy atom. The van der Waals surface area contributed by atoms with Gasteiger partial charge in [0.1, 0.15) is 0 Å². The van der Waals surface area contributed by atoms with Gasteiger partial charge in [0.25, 0.3) is 0 Å². The maximum absolute atomic E-state index is 5.87. The van der Waals surface area contributed by atoms with Crippen LogP contribution in [0.2, 0.25) is 0 Å². The van der Waals surface area contributed by atoms with Crippen molar-refractivity contribution in [1.82, 2.24) is 4.90 Å². The third-order valence-corrected chi connectivity index (χ3v) is 4.59. The SMILES string of the molecule is CCCN(CC(C)(C)CN)C(C)c1ccc(C)s1. The van der Waals surface area contributed by atoms with Gasteiger partial charge >= 0.3 is 0 Å². The number of thiophene rings is 1. The maximum Gasteiger partial charge on any atom is 0.0413 e. The second-order valence-corrected chi connectivity index (χ2v) is 7.28. The van der Waals surface area contributed by atoms with Crippen molar-refractivity contribution in [2.75, 3.05) is 19.6 Å². The lowest BCUT2D eigenvalue weighted by Gasteiger charge is -2.35. The van der Waals surface area contributed by atoms with E-state index in [2.05, 4.69) is 51.7 Å². The van der Waals surface area contributed by atoms with Crippen molar-refractivity contribution >= 4 is 11.3 Å². The number of hydrogen-bond donors (Lipinski definition) is 1. The summed E-state index contributed by atoms with van der Waals surface area (Å²) in [7, 11) is 0. The molecule has 1 atom stereocenters. The highest BCUT2D eigenvalue weighted by atomic mass is 32.1. The summed E-state index contributed by atoms with van der Waals surface area (Å²) in [6, 6.07) is 4.98. The summed E-state index contributed by atoms with van der Waals surface area (Å²) in [5.74, 6) is 0. The average Bonchev–Trinajstić information content (AvgIpc) is 2.74. The van der Waals surface area contributed by atoms with Crippen molar-refractivity contribution in [2.24, 2.45) is 11.1 Å². The van der Waals surface area contributed by atoms with Gasteiger partial charge in [-0.2, -0.15) is 0 Å². The van der Waals surface area contributed by atoms with Gasteiger partial charge in [-0.25, -0.2) is 0 Å². The Morgan fingerprint density at radius 2 is 2.06 bits per heavy atom. The first-order chi connectivity index (χ1) is 8.39. The summed E-state index contributed by atoms with van der Waals surface area (Å²) in [6.07, 6.45) is 1.19. The van der Waals surface area contributed by atoms with Crippen molar-refractivity contribution in [3.63, 3.8) is 0 Å². The third-order valence-electron chi connectivity index (χ3n) is 3.42. The van der Waals surface area contributed by atoms with Gasteiger partial charge in [-0.3, -0.25) is 4.90 Å². The molecule has 0 saturated heterocycles. The molecule has 0 aliphatic rings. The highest BCUT2D eigenvalue weighted by Gasteiger charge is 2.24. The molecule has 104 valence electrons. The monoisotopic (exact) mass is 268 g/mol. The van der Waals surface area contributed by atoms with E-state index in [0.717, 1.165) is 19.6 Å². The van der Waals surface area contributed by atoms with Crippen molar-refractivity contribution in [2.45, 2.75) is 47.1 Å². The zero-order valence-corrected chi connectivity index (χ0v) is 13.3. The lowest BCUT2D eigenvalue weighted by atomic mass is 9.92. The van der Waals surface area contributed by atoms with Crippen molar-refractivity contribution < 1.29 is 0 Å². The van der Waals surface area contributed by atoms with E-state index in [1.54, 1.807) is 0 Å². The van der Waals surface area contributed by atoms with Crippen LogP contribution in [-0.4, -0.2) is 24.5 Å². The van der Waals surface area contributed by atoms with Crippen LogP contribution in [0.3, 0.4) is 0 Å². The Balaban J connectivity index is 2.78. The zero-order chi connectivity index (χ0) is 13.8. The summed E-state index contributed by atoms with van der Waals surface area (Å²) in [5, 5.41) is 0. The standard InChI is InChI=1S/C15H28N2S/c1-6-9-17(11-15(4,5)10-16)13(3)14-8-7-12(2)18-14/h7-8,13H,6,9-11,16H2,1-5H3. The molecule has 2 N–H and O–H groups in total. The smallest absolute Gasteiger partial charge is 0.0413 e. The van der Waals surface area contributed by atoms with E-state index in [-0.39, 0.29) is 5.41 Å². The van der Waals surface area contributed by atoms with Crippen LogP contribution >= 0.6 is 11.3 Å². The number of rotatable bonds is 7. The Hall–Kier alpha value is -0.380. The summed E-state index contributed by atoms with van der Waals surface area (Å²) in [6.45, 7) is 14.2. The van der Waals surface area contributed by atoms with Crippen molar-refractivity contribution in [3.8, 4) is 0 Å². The van der Waals surface area contributed by atoms with Crippen LogP contribution in [0.5, 0.6) is 0 Å². The average molecular weight is 268 g/mol. The number of aryl methyl sites for hydroxylation is 1. The third kappa shape index (κ3) is 4.38. The molecule has 0 radical (unpaired) electrons. The molecule has 1 unspecified atom stereocenters. The van der Waals surface area contributed by atoms with E-state index in [9.17, 15) is 0 Å². The van der Waals surface area contributed by atoms with Crippen LogP contribution in [-0.2, 0) is 0 Å². The summed E-state index contributed by atoms with van der Waals surface area (Å²) < 4.78 is 0. The van der Waals surface area contributed by atoms with Gasteiger partial charge in [-0.1, -0.05) is 20.8 Å². The molecule has 0 aromatic carbocycles. The van der Waals surface area contributed by atoms with Gasteiger partial charge in [-0.05, 0) is 50.9 Å². The minimum Gasteiger partial charge on any atom is -0.330 e. The maximum atomic E-state index is 5.87. The Kier molecular flexibility index (Phi) is 5.83. The summed E-state index contributed by atoms with van der Waals surface area (Å²) in [4.78, 5) is 5.43. The van der Waals surface area contributed by atoms with Crippen molar-refractivity contribution in [1.29, 1.82) is 0 Å². The summed E-state index contributed by atoms with van der Waals surface area (Å²) >= 11 is 1.91. The van der Waals surface area contributed by atoms with E-state index in [4.69, 9.17) is 5.73 Å². The largest absolute Gasteiger partial charge is 0.330 e. The van der Waals surface area contributed by atoms with E-state index in [1.165, 1.54) is 16.2 Å². The Morgan fingerprint density at radius 1 is 1.39 bits per heavy atom. The van der Waals surface area contributed by atoms with Gasteiger partial charge in [0.2, 0.25) is 0 Å². The Labute approximate surface area is 116 Å². The molecule has 0 spiro atoms. The molecule has 0 amide bonds. The molecule has 1 heterocycles. The van der Waals surface area contributed by atoms with Crippen LogP contribution in [0.4, 0.5) is 0 Å². The molecule has 1 rings (SSSR count). The predicted octanol–water partition coefficient (Wildman–Crippen LogP) is 3.81. The highest BCUT2D eigenvalue weighted by Crippen LogP contribution is 2.29. The van der Waals surface area contributed by atoms with E-state index in [0.29, 0.717) is 6.04 Å². The lowest BCUT2D eigenvalue weighted by molar-refractivity contribution is 0.142. The molecule has 0 aliphatic carbocycles. The molecule has 0 aliphatic heterocycles. The van der Waals surface area contributed by atoms with E-state index in [1.807, 2.05) is 11.3 Å². The number of nitrogens with zero attached hydrogens (tertiary/aromatic N) is 1. The second kappa shape index (κ2) is 6.69. The highest BCUT2D eigenvalue weighted by molar-refractivity contribution is 7.12. The fourth-order valence-electron chi connectivity index (χ4n) is 2.17. The van der Waals surface area contributed by atoms with Gasteiger partial charge in [-0.15, -0.1) is 11.3 Å². The normalized spacial score (nSPS) is 14.2. The van der Waals surface area contributed by atoms with Crippen LogP contribution < -0.4 is 5.73 Å². The molecule has 2 nitrogen and oxygen atoms in total. The van der Waals surface area contributed by atoms with E-state index < -0.39 is 0 Å². The molecule has 1 aromatic heterocycles. The quantitative estimate of drug-likeness (QED) is 0.814. The molecule has 0 bridgehead atoms. The van der Waals surface area contributed by atoms with Crippen LogP contribution in [0.25, 0.3) is 0 Å². The fraction of sp³-hybridized carbons (Fsp3) is 0.733. The number of nitrogens with two attached hydrogens (primary N) is 1. The molecule has 18 heavy (non-hydrogen) atoms. The van der Waals surface area contributed by atoms with Crippen LogP contribution in [0.15, 0.2) is 12.1 Å². The van der Waals surface area contributed by atoms with Crippen LogP contribution in [0, 0.1) is 12.3 Å². The first-order valence-corrected chi connectivity index (χ1v) is 7.71. The van der Waals surface area contributed by atoms with Gasteiger partial charge < -0.3 is 5.73 Å². The molecule has 0 saturated carbocycles. The molecule has 0 fully saturated rings. The molecular formula is C15H28N2S. The first kappa shape index (κ1) is 15.7. The van der Waals surface area contributed by atoms with Crippen LogP contribution in [0.1, 0.15) is 49.9 Å². The van der Waals surface area contributed by atoms with Crippen molar-refractivity contribution in [3.05, 3.63) is 21.9 Å². The fourth-order valence-corrected chi connectivity index (χ4v) is 3.13. The molecule has 1 aromatic rings. The van der Waals surface area contributed by atoms with Gasteiger partial charge in [0.15, 0.2) is 0 Å². The second-order valence-electron chi connectivity index (χ2n) is 5.96. The zero-order valence-electron chi connectivity index (χ0n) is 12.5. The van der Waals surface area contributed by atoms with Gasteiger partial charge in [0, 0.05) is 22.3 Å². The van der Waals surface area contributed by atoms with Gasteiger partial charge in [0.05, 0.1) is 0 Å². The minimum atomic E-state index is 0.190. The first-order valence-electron chi connectivity index (χ1n) is 6.90. The topological polar surface area (TPSA) is 29.3 Å².